The van der Waals surface area contributed by atoms with Crippen molar-refractivity contribution in [3.8, 4) is 0 Å². The Morgan fingerprint density at radius 3 is 2.19 bits per heavy atom. The summed E-state index contributed by atoms with van der Waals surface area (Å²) in [7, 11) is 0. The third kappa shape index (κ3) is 3.82. The largest absolute Gasteiger partial charge is 0.416 e. The lowest BCUT2D eigenvalue weighted by Gasteiger charge is -2.23. The molecule has 2 atom stereocenters. The van der Waals surface area contributed by atoms with Gasteiger partial charge in [-0.15, -0.1) is 0 Å². The quantitative estimate of drug-likeness (QED) is 0.897. The lowest BCUT2D eigenvalue weighted by Crippen LogP contribution is -2.24. The minimum atomic E-state index is -4.34. The van der Waals surface area contributed by atoms with Crippen LogP contribution in [0.3, 0.4) is 0 Å². The lowest BCUT2D eigenvalue weighted by molar-refractivity contribution is -0.138. The van der Waals surface area contributed by atoms with Crippen molar-refractivity contribution in [2.45, 2.75) is 32.1 Å². The molecule has 1 unspecified atom stereocenters. The molecule has 2 rings (SSSR count). The van der Waals surface area contributed by atoms with Crippen molar-refractivity contribution in [1.29, 1.82) is 0 Å². The smallest absolute Gasteiger partial charge is 0.304 e. The van der Waals surface area contributed by atoms with Crippen LogP contribution in [-0.2, 0) is 6.18 Å². The fraction of sp³-hybridized carbons (Fsp3) is 0.312. The van der Waals surface area contributed by atoms with Gasteiger partial charge in [-0.05, 0) is 43.2 Å². The van der Waals surface area contributed by atoms with Crippen LogP contribution in [0.25, 0.3) is 0 Å². The Morgan fingerprint density at radius 1 is 0.952 bits per heavy atom. The summed E-state index contributed by atoms with van der Waals surface area (Å²) in [6.45, 7) is 3.66. The SMILES string of the molecule is CC(N[C@@H](C)c1ccncc1)c1ccccc1C(F)(F)F. The van der Waals surface area contributed by atoms with Gasteiger partial charge in [-0.25, -0.2) is 0 Å². The molecule has 0 saturated heterocycles. The van der Waals surface area contributed by atoms with Crippen LogP contribution in [0.4, 0.5) is 13.2 Å². The third-order valence-corrected chi connectivity index (χ3v) is 3.44. The molecule has 0 radical (unpaired) electrons. The number of hydrogen-bond acceptors (Lipinski definition) is 2. The zero-order valence-electron chi connectivity index (χ0n) is 11.9. The molecule has 0 amide bonds. The average Bonchev–Trinajstić information content (AvgIpc) is 2.47. The van der Waals surface area contributed by atoms with E-state index in [1.54, 1.807) is 25.4 Å². The van der Waals surface area contributed by atoms with E-state index < -0.39 is 17.8 Å². The van der Waals surface area contributed by atoms with E-state index in [2.05, 4.69) is 10.3 Å². The first-order valence-corrected chi connectivity index (χ1v) is 6.71. The predicted molar refractivity (Wildman–Crippen MR) is 75.6 cm³/mol. The predicted octanol–water partition coefficient (Wildman–Crippen LogP) is 4.51. The zero-order valence-corrected chi connectivity index (χ0v) is 11.9. The molecule has 1 N–H and O–H groups in total. The van der Waals surface area contributed by atoms with Gasteiger partial charge in [0.2, 0.25) is 0 Å². The third-order valence-electron chi connectivity index (χ3n) is 3.44. The molecule has 0 aliphatic rings. The number of hydrogen-bond donors (Lipinski definition) is 1. The molecule has 1 aromatic carbocycles. The summed E-state index contributed by atoms with van der Waals surface area (Å²) in [6.07, 6.45) is -1.00. The Balaban J connectivity index is 2.20. The molecule has 0 aliphatic heterocycles. The summed E-state index contributed by atoms with van der Waals surface area (Å²) in [5, 5.41) is 3.20. The minimum Gasteiger partial charge on any atom is -0.304 e. The van der Waals surface area contributed by atoms with Gasteiger partial charge < -0.3 is 5.32 Å². The van der Waals surface area contributed by atoms with Gasteiger partial charge in [0.1, 0.15) is 0 Å². The molecule has 0 bridgehead atoms. The molecular formula is C16H17F3N2. The second kappa shape index (κ2) is 6.26. The fourth-order valence-corrected chi connectivity index (χ4v) is 2.35. The summed E-state index contributed by atoms with van der Waals surface area (Å²) in [5.41, 5.74) is 0.652. The molecule has 2 aromatic rings. The molecule has 0 fully saturated rings. The normalized spacial score (nSPS) is 14.7. The Bertz CT molecular complexity index is 582. The number of benzene rings is 1. The Morgan fingerprint density at radius 2 is 1.57 bits per heavy atom. The minimum absolute atomic E-state index is 0.0655. The molecule has 5 heteroatoms. The number of alkyl halides is 3. The summed E-state index contributed by atoms with van der Waals surface area (Å²) in [4.78, 5) is 3.93. The summed E-state index contributed by atoms with van der Waals surface area (Å²) >= 11 is 0. The van der Waals surface area contributed by atoms with E-state index in [0.717, 1.165) is 11.6 Å². The van der Waals surface area contributed by atoms with Crippen molar-refractivity contribution in [3.63, 3.8) is 0 Å². The number of aromatic nitrogens is 1. The molecule has 112 valence electrons. The lowest BCUT2D eigenvalue weighted by atomic mass is 9.99. The standard InChI is InChI=1S/C16H17F3N2/c1-11(13-7-9-20-10-8-13)21-12(2)14-5-3-4-6-15(14)16(17,18)19/h3-12,21H,1-2H3/t11-,12?/m0/s1. The van der Waals surface area contributed by atoms with Crippen LogP contribution in [0.5, 0.6) is 0 Å². The molecule has 2 nitrogen and oxygen atoms in total. The van der Waals surface area contributed by atoms with Crippen molar-refractivity contribution >= 4 is 0 Å². The first-order valence-electron chi connectivity index (χ1n) is 6.71. The molecule has 0 saturated carbocycles. The number of pyridine rings is 1. The van der Waals surface area contributed by atoms with Gasteiger partial charge in [0.05, 0.1) is 5.56 Å². The monoisotopic (exact) mass is 294 g/mol. The van der Waals surface area contributed by atoms with Crippen LogP contribution in [-0.4, -0.2) is 4.98 Å². The summed E-state index contributed by atoms with van der Waals surface area (Å²) < 4.78 is 39.1. The maximum Gasteiger partial charge on any atom is 0.416 e. The fourth-order valence-electron chi connectivity index (χ4n) is 2.35. The van der Waals surface area contributed by atoms with E-state index in [9.17, 15) is 13.2 Å². The van der Waals surface area contributed by atoms with Gasteiger partial charge >= 0.3 is 6.18 Å². The first kappa shape index (κ1) is 15.5. The maximum atomic E-state index is 13.0. The van der Waals surface area contributed by atoms with Crippen molar-refractivity contribution in [1.82, 2.24) is 10.3 Å². The number of halogens is 3. The molecule has 1 aromatic heterocycles. The second-order valence-corrected chi connectivity index (χ2v) is 4.98. The average molecular weight is 294 g/mol. The van der Waals surface area contributed by atoms with Crippen molar-refractivity contribution in [2.75, 3.05) is 0 Å². The van der Waals surface area contributed by atoms with Crippen LogP contribution < -0.4 is 5.32 Å². The van der Waals surface area contributed by atoms with Gasteiger partial charge in [0.15, 0.2) is 0 Å². The van der Waals surface area contributed by atoms with E-state index >= 15 is 0 Å². The maximum absolute atomic E-state index is 13.0. The summed E-state index contributed by atoms with van der Waals surface area (Å²) in [6, 6.07) is 8.88. The first-order chi connectivity index (χ1) is 9.89. The number of rotatable bonds is 4. The van der Waals surface area contributed by atoms with Gasteiger partial charge in [-0.1, -0.05) is 18.2 Å². The molecule has 1 heterocycles. The zero-order chi connectivity index (χ0) is 15.5. The van der Waals surface area contributed by atoms with E-state index in [-0.39, 0.29) is 11.6 Å². The van der Waals surface area contributed by atoms with Crippen LogP contribution in [0.1, 0.15) is 42.6 Å². The van der Waals surface area contributed by atoms with Crippen LogP contribution in [0.15, 0.2) is 48.8 Å². The Kier molecular flexibility index (Phi) is 4.63. The number of nitrogens with zero attached hydrogens (tertiary/aromatic N) is 1. The van der Waals surface area contributed by atoms with Crippen molar-refractivity contribution in [3.05, 3.63) is 65.5 Å². The Hall–Kier alpha value is -1.88. The topological polar surface area (TPSA) is 24.9 Å². The van der Waals surface area contributed by atoms with Crippen molar-refractivity contribution in [2.24, 2.45) is 0 Å². The van der Waals surface area contributed by atoms with Crippen LogP contribution in [0.2, 0.25) is 0 Å². The van der Waals surface area contributed by atoms with E-state index in [1.807, 2.05) is 19.1 Å². The van der Waals surface area contributed by atoms with Gasteiger partial charge in [-0.3, -0.25) is 4.98 Å². The molecule has 0 spiro atoms. The van der Waals surface area contributed by atoms with Gasteiger partial charge in [0.25, 0.3) is 0 Å². The highest BCUT2D eigenvalue weighted by atomic mass is 19.4. The Labute approximate surface area is 122 Å². The van der Waals surface area contributed by atoms with Crippen LogP contribution in [0, 0.1) is 0 Å². The molecule has 0 aliphatic carbocycles. The van der Waals surface area contributed by atoms with Gasteiger partial charge in [0, 0.05) is 24.5 Å². The van der Waals surface area contributed by atoms with Crippen molar-refractivity contribution < 1.29 is 13.2 Å². The highest BCUT2D eigenvalue weighted by molar-refractivity contribution is 5.32. The van der Waals surface area contributed by atoms with E-state index in [4.69, 9.17) is 0 Å². The van der Waals surface area contributed by atoms with Crippen LogP contribution >= 0.6 is 0 Å². The van der Waals surface area contributed by atoms with Gasteiger partial charge in [-0.2, -0.15) is 13.2 Å². The summed E-state index contributed by atoms with van der Waals surface area (Å²) in [5.74, 6) is 0. The highest BCUT2D eigenvalue weighted by Crippen LogP contribution is 2.34. The highest BCUT2D eigenvalue weighted by Gasteiger charge is 2.34. The molecule has 21 heavy (non-hydrogen) atoms. The second-order valence-electron chi connectivity index (χ2n) is 4.98. The molecular weight excluding hydrogens is 277 g/mol. The number of nitrogens with one attached hydrogen (secondary N) is 1. The van der Waals surface area contributed by atoms with E-state index in [1.165, 1.54) is 12.1 Å². The van der Waals surface area contributed by atoms with E-state index in [0.29, 0.717) is 0 Å².